The molecular formula is C15H26N2O4. The van der Waals surface area contributed by atoms with E-state index in [9.17, 15) is 14.4 Å². The lowest BCUT2D eigenvalue weighted by atomic mass is 10.1. The van der Waals surface area contributed by atoms with Crippen molar-refractivity contribution >= 4 is 17.9 Å². The largest absolute Gasteiger partial charge is 0.478 e. The van der Waals surface area contributed by atoms with Gasteiger partial charge >= 0.3 is 12.0 Å². The van der Waals surface area contributed by atoms with Crippen LogP contribution in [0.4, 0.5) is 4.79 Å². The molecule has 0 aromatic heterocycles. The van der Waals surface area contributed by atoms with E-state index < -0.39 is 17.9 Å². The van der Waals surface area contributed by atoms with Crippen molar-refractivity contribution in [3.05, 3.63) is 11.1 Å². The predicted molar refractivity (Wildman–Crippen MR) is 80.9 cm³/mol. The number of carbonyl (C=O) groups is 3. The normalized spacial score (nSPS) is 11.6. The van der Waals surface area contributed by atoms with Crippen LogP contribution in [0.5, 0.6) is 0 Å². The van der Waals surface area contributed by atoms with E-state index in [2.05, 4.69) is 5.32 Å². The highest BCUT2D eigenvalue weighted by molar-refractivity contribution is 6.07. The van der Waals surface area contributed by atoms with Gasteiger partial charge in [-0.05, 0) is 26.7 Å². The third-order valence-electron chi connectivity index (χ3n) is 3.29. The number of carbonyl (C=O) groups excluding carboxylic acids is 2. The molecule has 0 spiro atoms. The molecule has 0 aromatic rings. The van der Waals surface area contributed by atoms with Crippen LogP contribution in [0.15, 0.2) is 11.1 Å². The minimum atomic E-state index is -1.16. The molecule has 0 unspecified atom stereocenters. The van der Waals surface area contributed by atoms with E-state index in [4.69, 9.17) is 5.11 Å². The first kappa shape index (κ1) is 19.1. The number of hydrogen-bond acceptors (Lipinski definition) is 3. The lowest BCUT2D eigenvalue weighted by Gasteiger charge is -2.22. The molecule has 6 heteroatoms. The number of carboxylic acid groups (broad SMARTS) is 1. The lowest BCUT2D eigenvalue weighted by molar-refractivity contribution is -0.133. The van der Waals surface area contributed by atoms with Crippen molar-refractivity contribution < 1.29 is 19.5 Å². The second-order valence-corrected chi connectivity index (χ2v) is 5.01. The average molecular weight is 298 g/mol. The van der Waals surface area contributed by atoms with Crippen LogP contribution < -0.4 is 5.32 Å². The smallest absolute Gasteiger partial charge is 0.331 e. The second kappa shape index (κ2) is 9.96. The van der Waals surface area contributed by atoms with Gasteiger partial charge in [-0.3, -0.25) is 10.1 Å². The van der Waals surface area contributed by atoms with E-state index in [0.29, 0.717) is 13.1 Å². The first-order chi connectivity index (χ1) is 9.84. The zero-order valence-electron chi connectivity index (χ0n) is 13.4. The van der Waals surface area contributed by atoms with Gasteiger partial charge in [-0.25, -0.2) is 9.59 Å². The van der Waals surface area contributed by atoms with E-state index in [1.54, 1.807) is 4.90 Å². The molecule has 0 saturated heterocycles. The molecule has 0 radical (unpaired) electrons. The summed E-state index contributed by atoms with van der Waals surface area (Å²) in [5, 5.41) is 11.1. The van der Waals surface area contributed by atoms with Crippen LogP contribution in [-0.2, 0) is 9.59 Å². The number of aliphatic carboxylic acids is 1. The maximum atomic E-state index is 12.1. The van der Waals surface area contributed by atoms with Crippen molar-refractivity contribution in [2.75, 3.05) is 13.1 Å². The lowest BCUT2D eigenvalue weighted by Crippen LogP contribution is -2.44. The predicted octanol–water partition coefficient (Wildman–Crippen LogP) is 2.55. The van der Waals surface area contributed by atoms with Gasteiger partial charge in [-0.2, -0.15) is 0 Å². The van der Waals surface area contributed by atoms with Crippen LogP contribution in [0, 0.1) is 0 Å². The third kappa shape index (κ3) is 6.92. The van der Waals surface area contributed by atoms with Crippen molar-refractivity contribution in [3.8, 4) is 0 Å². The first-order valence-electron chi connectivity index (χ1n) is 7.36. The van der Waals surface area contributed by atoms with Gasteiger partial charge in [-0.15, -0.1) is 0 Å². The summed E-state index contributed by atoms with van der Waals surface area (Å²) in [6, 6.07) is -0.459. The maximum Gasteiger partial charge on any atom is 0.331 e. The molecule has 0 aliphatic heterocycles. The molecule has 3 amide bonds. The van der Waals surface area contributed by atoms with Crippen molar-refractivity contribution in [2.45, 2.75) is 53.4 Å². The van der Waals surface area contributed by atoms with Crippen LogP contribution in [-0.4, -0.2) is 41.0 Å². The summed E-state index contributed by atoms with van der Waals surface area (Å²) in [5.41, 5.74) is -0.0178. The molecule has 0 bridgehead atoms. The van der Waals surface area contributed by atoms with Gasteiger partial charge in [-0.1, -0.05) is 26.7 Å². The standard InChI is InChI=1S/C15H26N2O4/c1-5-7-9-17(10-8-6-2)15(21)16-13(18)11(3)12(4)14(19)20/h5-10H2,1-4H3,(H,19,20)(H,16,18,21). The summed E-state index contributed by atoms with van der Waals surface area (Å²) in [6.45, 7) is 7.99. The molecule has 0 fully saturated rings. The molecule has 2 N–H and O–H groups in total. The molecule has 6 nitrogen and oxygen atoms in total. The molecule has 0 atom stereocenters. The Morgan fingerprint density at radius 1 is 0.952 bits per heavy atom. The Morgan fingerprint density at radius 2 is 1.43 bits per heavy atom. The molecule has 0 saturated carbocycles. The van der Waals surface area contributed by atoms with Gasteiger partial charge in [0.15, 0.2) is 0 Å². The fourth-order valence-corrected chi connectivity index (χ4v) is 1.61. The van der Waals surface area contributed by atoms with E-state index in [-0.39, 0.29) is 11.1 Å². The fraction of sp³-hybridized carbons (Fsp3) is 0.667. The number of imide groups is 1. The van der Waals surface area contributed by atoms with Gasteiger partial charge in [0.1, 0.15) is 0 Å². The van der Waals surface area contributed by atoms with E-state index >= 15 is 0 Å². The Bertz CT molecular complexity index is 408. The molecule has 0 aliphatic rings. The molecule has 0 aromatic carbocycles. The van der Waals surface area contributed by atoms with Crippen LogP contribution >= 0.6 is 0 Å². The monoisotopic (exact) mass is 298 g/mol. The van der Waals surface area contributed by atoms with Crippen molar-refractivity contribution in [1.82, 2.24) is 10.2 Å². The quantitative estimate of drug-likeness (QED) is 0.674. The summed E-state index contributed by atoms with van der Waals surface area (Å²) in [5.74, 6) is -1.82. The van der Waals surface area contributed by atoms with Gasteiger partial charge in [0.25, 0.3) is 5.91 Å². The zero-order valence-corrected chi connectivity index (χ0v) is 13.4. The number of hydrogen-bond donors (Lipinski definition) is 2. The van der Waals surface area contributed by atoms with Crippen LogP contribution in [0.25, 0.3) is 0 Å². The Kier molecular flexibility index (Phi) is 9.08. The number of unbranched alkanes of at least 4 members (excludes halogenated alkanes) is 2. The molecular weight excluding hydrogens is 272 g/mol. The Labute approximate surface area is 126 Å². The number of urea groups is 1. The van der Waals surface area contributed by atoms with E-state index in [0.717, 1.165) is 25.7 Å². The van der Waals surface area contributed by atoms with Crippen molar-refractivity contribution in [3.63, 3.8) is 0 Å². The summed E-state index contributed by atoms with van der Waals surface area (Å²) in [4.78, 5) is 36.4. The Hall–Kier alpha value is -1.85. The van der Waals surface area contributed by atoms with Gasteiger partial charge in [0.2, 0.25) is 0 Å². The fourth-order valence-electron chi connectivity index (χ4n) is 1.61. The number of nitrogens with one attached hydrogen (secondary N) is 1. The topological polar surface area (TPSA) is 86.7 Å². The Morgan fingerprint density at radius 3 is 1.81 bits per heavy atom. The van der Waals surface area contributed by atoms with Crippen molar-refractivity contribution in [2.24, 2.45) is 0 Å². The Balaban J connectivity index is 4.77. The molecule has 0 aliphatic carbocycles. The van der Waals surface area contributed by atoms with Crippen LogP contribution in [0.1, 0.15) is 53.4 Å². The molecule has 21 heavy (non-hydrogen) atoms. The summed E-state index contributed by atoms with van der Waals surface area (Å²) in [6.07, 6.45) is 3.66. The molecule has 0 heterocycles. The highest BCUT2D eigenvalue weighted by Gasteiger charge is 2.18. The SMILES string of the molecule is CCCCN(CCCC)C(=O)NC(=O)C(C)=C(C)C(=O)O. The van der Waals surface area contributed by atoms with Crippen LogP contribution in [0.3, 0.4) is 0 Å². The van der Waals surface area contributed by atoms with Gasteiger partial charge in [0, 0.05) is 24.2 Å². The van der Waals surface area contributed by atoms with Crippen LogP contribution in [0.2, 0.25) is 0 Å². The van der Waals surface area contributed by atoms with E-state index in [1.807, 2.05) is 13.8 Å². The third-order valence-corrected chi connectivity index (χ3v) is 3.29. The zero-order chi connectivity index (χ0) is 16.4. The molecule has 0 rings (SSSR count). The minimum Gasteiger partial charge on any atom is -0.478 e. The average Bonchev–Trinajstić information content (AvgIpc) is 2.45. The number of amides is 3. The van der Waals surface area contributed by atoms with Gasteiger partial charge < -0.3 is 10.0 Å². The highest BCUT2D eigenvalue weighted by atomic mass is 16.4. The number of carboxylic acids is 1. The maximum absolute atomic E-state index is 12.1. The first-order valence-corrected chi connectivity index (χ1v) is 7.36. The minimum absolute atomic E-state index is 0.0433. The summed E-state index contributed by atoms with van der Waals surface area (Å²) >= 11 is 0. The van der Waals surface area contributed by atoms with Gasteiger partial charge in [0.05, 0.1) is 0 Å². The summed E-state index contributed by atoms with van der Waals surface area (Å²) < 4.78 is 0. The van der Waals surface area contributed by atoms with Crippen molar-refractivity contribution in [1.29, 1.82) is 0 Å². The molecule has 120 valence electrons. The summed E-state index contributed by atoms with van der Waals surface area (Å²) in [7, 11) is 0. The number of rotatable bonds is 8. The number of nitrogens with zero attached hydrogens (tertiary/aromatic N) is 1. The second-order valence-electron chi connectivity index (χ2n) is 5.01. The van der Waals surface area contributed by atoms with E-state index in [1.165, 1.54) is 13.8 Å². The highest BCUT2D eigenvalue weighted by Crippen LogP contribution is 2.05.